The van der Waals surface area contributed by atoms with Gasteiger partial charge in [0.1, 0.15) is 5.75 Å². The van der Waals surface area contributed by atoms with Crippen LogP contribution >= 0.6 is 0 Å². The minimum Gasteiger partial charge on any atom is -0.497 e. The van der Waals surface area contributed by atoms with Crippen LogP contribution in [-0.4, -0.2) is 7.11 Å². The Balaban J connectivity index is 3.03. The normalized spacial score (nSPS) is 9.93. The highest BCUT2D eigenvalue weighted by Crippen LogP contribution is 2.26. The molecule has 0 radical (unpaired) electrons. The van der Waals surface area contributed by atoms with Crippen LogP contribution in [0.15, 0.2) is 18.2 Å². The number of hydrogen-bond acceptors (Lipinski definition) is 1. The molecule has 0 fully saturated rings. The number of ether oxygens (including phenoxy) is 1. The van der Waals surface area contributed by atoms with Gasteiger partial charge in [-0.05, 0) is 30.0 Å². The molecule has 0 aliphatic heterocycles. The third-order valence-electron chi connectivity index (χ3n) is 2.04. The molecule has 0 spiro atoms. The van der Waals surface area contributed by atoms with Gasteiger partial charge in [0.2, 0.25) is 0 Å². The number of benzene rings is 1. The lowest BCUT2D eigenvalue weighted by molar-refractivity contribution is 0.414. The van der Waals surface area contributed by atoms with E-state index in [2.05, 4.69) is 18.7 Å². The van der Waals surface area contributed by atoms with Crippen molar-refractivity contribution in [1.82, 2.24) is 0 Å². The first kappa shape index (κ1) is 10.6. The van der Waals surface area contributed by atoms with Crippen LogP contribution in [0.25, 0.3) is 4.85 Å². The Hall–Kier alpha value is -1.49. The number of nitrogens with zero attached hydrogens (tertiary/aromatic N) is 1. The van der Waals surface area contributed by atoms with Gasteiger partial charge in [0, 0.05) is 0 Å². The van der Waals surface area contributed by atoms with Gasteiger partial charge in [-0.25, -0.2) is 4.85 Å². The minimum atomic E-state index is 0.558. The summed E-state index contributed by atoms with van der Waals surface area (Å²) >= 11 is 0. The molecule has 2 heteroatoms. The van der Waals surface area contributed by atoms with Gasteiger partial charge in [0.05, 0.1) is 13.7 Å². The number of hydrogen-bond donors (Lipinski definition) is 0. The molecule has 1 aromatic carbocycles. The van der Waals surface area contributed by atoms with Crippen LogP contribution < -0.4 is 4.74 Å². The van der Waals surface area contributed by atoms with Crippen LogP contribution in [0.2, 0.25) is 0 Å². The van der Waals surface area contributed by atoms with Gasteiger partial charge in [-0.3, -0.25) is 0 Å². The molecule has 0 aliphatic rings. The number of methoxy groups -OCH3 is 1. The summed E-state index contributed by atoms with van der Waals surface area (Å²) < 4.78 is 5.13. The van der Waals surface area contributed by atoms with Gasteiger partial charge in [-0.2, -0.15) is 0 Å². The van der Waals surface area contributed by atoms with Crippen LogP contribution in [0.5, 0.6) is 5.75 Å². The summed E-state index contributed by atoms with van der Waals surface area (Å²) in [6.45, 7) is 11.3. The largest absolute Gasteiger partial charge is 0.497 e. The van der Waals surface area contributed by atoms with Gasteiger partial charge in [0.15, 0.2) is 5.69 Å². The Morgan fingerprint density at radius 1 is 1.43 bits per heavy atom. The summed E-state index contributed by atoms with van der Waals surface area (Å²) in [5.74, 6) is 1.38. The van der Waals surface area contributed by atoms with E-state index in [1.165, 1.54) is 0 Å². The molecule has 0 aromatic heterocycles. The van der Waals surface area contributed by atoms with E-state index < -0.39 is 0 Å². The van der Waals surface area contributed by atoms with Crippen molar-refractivity contribution in [2.75, 3.05) is 7.11 Å². The van der Waals surface area contributed by atoms with E-state index in [0.29, 0.717) is 5.92 Å². The minimum absolute atomic E-state index is 0.558. The molecule has 1 rings (SSSR count). The molecule has 14 heavy (non-hydrogen) atoms. The van der Waals surface area contributed by atoms with Crippen molar-refractivity contribution in [2.24, 2.45) is 5.92 Å². The first-order valence-corrected chi connectivity index (χ1v) is 4.71. The highest BCUT2D eigenvalue weighted by atomic mass is 16.5. The molecule has 74 valence electrons. The molecule has 0 bridgehead atoms. The monoisotopic (exact) mass is 189 g/mol. The standard InChI is InChI=1S/C12H15NO/c1-9(2)7-10-8-11(14-4)5-6-12(10)13-3/h5-6,8-9H,7H2,1-2,4H3. The maximum absolute atomic E-state index is 7.04. The van der Waals surface area contributed by atoms with Crippen molar-refractivity contribution in [3.63, 3.8) is 0 Å². The van der Waals surface area contributed by atoms with Crippen LogP contribution in [0, 0.1) is 12.5 Å². The molecule has 0 saturated heterocycles. The molecular weight excluding hydrogens is 174 g/mol. The average molecular weight is 189 g/mol. The molecule has 0 saturated carbocycles. The highest BCUT2D eigenvalue weighted by molar-refractivity contribution is 5.55. The van der Waals surface area contributed by atoms with E-state index in [1.54, 1.807) is 7.11 Å². The fourth-order valence-corrected chi connectivity index (χ4v) is 1.40. The lowest BCUT2D eigenvalue weighted by Crippen LogP contribution is -1.95. The Morgan fingerprint density at radius 3 is 2.64 bits per heavy atom. The lowest BCUT2D eigenvalue weighted by atomic mass is 10.0. The fraction of sp³-hybridized carbons (Fsp3) is 0.417. The van der Waals surface area contributed by atoms with E-state index in [1.807, 2.05) is 18.2 Å². The average Bonchev–Trinajstić information content (AvgIpc) is 2.16. The zero-order valence-electron chi connectivity index (χ0n) is 8.87. The Bertz CT molecular complexity index is 350. The molecule has 1 aromatic rings. The van der Waals surface area contributed by atoms with Crippen molar-refractivity contribution in [3.05, 3.63) is 35.2 Å². The topological polar surface area (TPSA) is 13.6 Å². The van der Waals surface area contributed by atoms with Crippen molar-refractivity contribution in [2.45, 2.75) is 20.3 Å². The van der Waals surface area contributed by atoms with Gasteiger partial charge in [-0.1, -0.05) is 19.9 Å². The quantitative estimate of drug-likeness (QED) is 0.664. The van der Waals surface area contributed by atoms with E-state index in [-0.39, 0.29) is 0 Å². The molecule has 0 amide bonds. The summed E-state index contributed by atoms with van der Waals surface area (Å²) in [6.07, 6.45) is 0.926. The van der Waals surface area contributed by atoms with Gasteiger partial charge in [-0.15, -0.1) is 0 Å². The van der Waals surface area contributed by atoms with E-state index in [4.69, 9.17) is 11.3 Å². The Labute approximate surface area is 85.3 Å². The van der Waals surface area contributed by atoms with Crippen LogP contribution in [-0.2, 0) is 6.42 Å². The SMILES string of the molecule is [C-]#[N+]c1ccc(OC)cc1CC(C)C. The molecular formula is C12H15NO. The second-order valence-electron chi connectivity index (χ2n) is 3.70. The van der Waals surface area contributed by atoms with E-state index in [9.17, 15) is 0 Å². The molecule has 0 aliphatic carbocycles. The lowest BCUT2D eigenvalue weighted by Gasteiger charge is -2.08. The fourth-order valence-electron chi connectivity index (χ4n) is 1.40. The van der Waals surface area contributed by atoms with Gasteiger partial charge >= 0.3 is 0 Å². The maximum Gasteiger partial charge on any atom is 0.190 e. The summed E-state index contributed by atoms with van der Waals surface area (Å²) in [5.41, 5.74) is 1.81. The third kappa shape index (κ3) is 2.50. The first-order chi connectivity index (χ1) is 6.67. The first-order valence-electron chi connectivity index (χ1n) is 4.71. The third-order valence-corrected chi connectivity index (χ3v) is 2.04. The zero-order valence-corrected chi connectivity index (χ0v) is 8.87. The van der Waals surface area contributed by atoms with Crippen molar-refractivity contribution < 1.29 is 4.74 Å². The second-order valence-corrected chi connectivity index (χ2v) is 3.70. The molecule has 0 heterocycles. The highest BCUT2D eigenvalue weighted by Gasteiger charge is 2.05. The van der Waals surface area contributed by atoms with Crippen LogP contribution in [0.3, 0.4) is 0 Å². The van der Waals surface area contributed by atoms with E-state index >= 15 is 0 Å². The molecule has 0 atom stereocenters. The Morgan fingerprint density at radius 2 is 2.14 bits per heavy atom. The van der Waals surface area contributed by atoms with Gasteiger partial charge in [0.25, 0.3) is 0 Å². The summed E-state index contributed by atoms with van der Waals surface area (Å²) in [7, 11) is 1.64. The predicted molar refractivity (Wildman–Crippen MR) is 57.8 cm³/mol. The molecule has 2 nitrogen and oxygen atoms in total. The zero-order chi connectivity index (χ0) is 10.6. The van der Waals surface area contributed by atoms with Crippen LogP contribution in [0.1, 0.15) is 19.4 Å². The molecule has 0 N–H and O–H groups in total. The van der Waals surface area contributed by atoms with Crippen LogP contribution in [0.4, 0.5) is 5.69 Å². The Kier molecular flexibility index (Phi) is 3.53. The second kappa shape index (κ2) is 4.66. The van der Waals surface area contributed by atoms with Gasteiger partial charge < -0.3 is 4.74 Å². The smallest absolute Gasteiger partial charge is 0.190 e. The maximum atomic E-state index is 7.04. The number of rotatable bonds is 3. The van der Waals surface area contributed by atoms with Crippen molar-refractivity contribution >= 4 is 5.69 Å². The predicted octanol–water partition coefficient (Wildman–Crippen LogP) is 3.44. The summed E-state index contributed by atoms with van der Waals surface area (Å²) in [5, 5.41) is 0. The van der Waals surface area contributed by atoms with Crippen molar-refractivity contribution in [1.29, 1.82) is 0 Å². The van der Waals surface area contributed by atoms with Crippen molar-refractivity contribution in [3.8, 4) is 5.75 Å². The summed E-state index contributed by atoms with van der Waals surface area (Å²) in [6, 6.07) is 5.61. The molecule has 0 unspecified atom stereocenters. The summed E-state index contributed by atoms with van der Waals surface area (Å²) in [4.78, 5) is 3.49. The van der Waals surface area contributed by atoms with E-state index in [0.717, 1.165) is 23.4 Å².